The van der Waals surface area contributed by atoms with Crippen molar-refractivity contribution in [1.82, 2.24) is 4.90 Å². The first-order chi connectivity index (χ1) is 9.26. The lowest BCUT2D eigenvalue weighted by molar-refractivity contribution is 0.325. The fraction of sp³-hybridized carbons (Fsp3) is 0.600. The molecule has 1 atom stereocenters. The zero-order valence-electron chi connectivity index (χ0n) is 11.4. The smallest absolute Gasteiger partial charge is 0.142 e. The van der Waals surface area contributed by atoms with Gasteiger partial charge in [0.25, 0.3) is 0 Å². The Bertz CT molecular complexity index is 448. The zero-order chi connectivity index (χ0) is 13.2. The second kappa shape index (κ2) is 5.59. The van der Waals surface area contributed by atoms with Gasteiger partial charge >= 0.3 is 0 Å². The van der Waals surface area contributed by atoms with Gasteiger partial charge in [-0.25, -0.2) is 0 Å². The van der Waals surface area contributed by atoms with Crippen LogP contribution in [0.25, 0.3) is 0 Å². The van der Waals surface area contributed by atoms with E-state index in [1.807, 2.05) is 25.1 Å². The Hall–Kier alpha value is -0.930. The van der Waals surface area contributed by atoms with E-state index in [0.29, 0.717) is 12.6 Å². The summed E-state index contributed by atoms with van der Waals surface area (Å²) in [5.74, 6) is 0.900. The topological polar surface area (TPSA) is 24.5 Å². The van der Waals surface area contributed by atoms with E-state index in [9.17, 15) is 0 Å². The van der Waals surface area contributed by atoms with Gasteiger partial charge in [0.2, 0.25) is 0 Å². The van der Waals surface area contributed by atoms with Crippen molar-refractivity contribution in [3.05, 3.63) is 23.2 Å². The summed E-state index contributed by atoms with van der Waals surface area (Å²) in [7, 11) is 0. The van der Waals surface area contributed by atoms with Gasteiger partial charge in [-0.05, 0) is 44.4 Å². The molecule has 2 fully saturated rings. The summed E-state index contributed by atoms with van der Waals surface area (Å²) in [5, 5.41) is 4.35. The Morgan fingerprint density at radius 1 is 1.37 bits per heavy atom. The fourth-order valence-corrected chi connectivity index (χ4v) is 2.96. The first-order valence-electron chi connectivity index (χ1n) is 7.19. The van der Waals surface area contributed by atoms with Gasteiger partial charge in [-0.1, -0.05) is 11.6 Å². The molecule has 1 aromatic rings. The normalized spacial score (nSPS) is 23.6. The van der Waals surface area contributed by atoms with Crippen LogP contribution in [0.5, 0.6) is 5.75 Å². The van der Waals surface area contributed by atoms with E-state index in [4.69, 9.17) is 16.3 Å². The van der Waals surface area contributed by atoms with Crippen LogP contribution in [-0.2, 0) is 0 Å². The number of nitrogens with zero attached hydrogens (tertiary/aromatic N) is 1. The standard InChI is InChI=1S/C15H21ClN2O/c1-2-19-15-6-3-11(16)9-14(15)17-12-7-8-18(10-12)13-4-5-13/h3,6,9,12-13,17H,2,4-5,7-8,10H2,1H3. The first kappa shape index (κ1) is 13.1. The molecular formula is C15H21ClN2O. The van der Waals surface area contributed by atoms with Crippen LogP contribution in [-0.4, -0.2) is 36.7 Å². The van der Waals surface area contributed by atoms with Crippen molar-refractivity contribution >= 4 is 17.3 Å². The van der Waals surface area contributed by atoms with E-state index in [1.165, 1.54) is 25.8 Å². The number of hydrogen-bond acceptors (Lipinski definition) is 3. The highest BCUT2D eigenvalue weighted by atomic mass is 35.5. The molecule has 1 N–H and O–H groups in total. The third-order valence-corrected chi connectivity index (χ3v) is 4.12. The molecule has 0 radical (unpaired) electrons. The van der Waals surface area contributed by atoms with Crippen molar-refractivity contribution in [2.75, 3.05) is 25.0 Å². The van der Waals surface area contributed by atoms with Gasteiger partial charge in [0.15, 0.2) is 0 Å². The van der Waals surface area contributed by atoms with Crippen LogP contribution in [0.1, 0.15) is 26.2 Å². The van der Waals surface area contributed by atoms with Crippen LogP contribution >= 0.6 is 11.6 Å². The Kier molecular flexibility index (Phi) is 3.85. The number of rotatable bonds is 5. The van der Waals surface area contributed by atoms with Crippen LogP contribution in [0.4, 0.5) is 5.69 Å². The van der Waals surface area contributed by atoms with Crippen LogP contribution in [0.3, 0.4) is 0 Å². The minimum absolute atomic E-state index is 0.512. The molecule has 1 unspecified atom stereocenters. The molecule has 1 aromatic carbocycles. The molecule has 1 aliphatic carbocycles. The van der Waals surface area contributed by atoms with Crippen LogP contribution in [0.15, 0.2) is 18.2 Å². The van der Waals surface area contributed by atoms with Crippen LogP contribution < -0.4 is 10.1 Å². The van der Waals surface area contributed by atoms with Crippen LogP contribution in [0, 0.1) is 0 Å². The molecule has 1 aliphatic heterocycles. The molecule has 1 saturated carbocycles. The van der Waals surface area contributed by atoms with Crippen molar-refractivity contribution in [3.8, 4) is 5.75 Å². The molecule has 104 valence electrons. The molecule has 2 aliphatic rings. The minimum atomic E-state index is 0.512. The van der Waals surface area contributed by atoms with Crippen molar-refractivity contribution < 1.29 is 4.74 Å². The molecule has 0 spiro atoms. The molecule has 0 amide bonds. The summed E-state index contributed by atoms with van der Waals surface area (Å²) in [5.41, 5.74) is 1.02. The molecule has 3 nitrogen and oxygen atoms in total. The fourth-order valence-electron chi connectivity index (χ4n) is 2.79. The van der Waals surface area contributed by atoms with Gasteiger partial charge in [0.05, 0.1) is 12.3 Å². The lowest BCUT2D eigenvalue weighted by Crippen LogP contribution is -2.27. The van der Waals surface area contributed by atoms with E-state index in [2.05, 4.69) is 10.2 Å². The third kappa shape index (κ3) is 3.15. The zero-order valence-corrected chi connectivity index (χ0v) is 12.1. The van der Waals surface area contributed by atoms with Crippen LogP contribution in [0.2, 0.25) is 5.02 Å². The Balaban J connectivity index is 1.66. The van der Waals surface area contributed by atoms with Gasteiger partial charge in [0.1, 0.15) is 5.75 Å². The van der Waals surface area contributed by atoms with Crippen molar-refractivity contribution in [2.24, 2.45) is 0 Å². The maximum absolute atomic E-state index is 6.09. The highest BCUT2D eigenvalue weighted by Crippen LogP contribution is 2.33. The molecule has 0 bridgehead atoms. The highest BCUT2D eigenvalue weighted by molar-refractivity contribution is 6.30. The van der Waals surface area contributed by atoms with Crippen molar-refractivity contribution in [3.63, 3.8) is 0 Å². The largest absolute Gasteiger partial charge is 0.492 e. The molecule has 0 aromatic heterocycles. The van der Waals surface area contributed by atoms with E-state index < -0.39 is 0 Å². The maximum atomic E-state index is 6.09. The summed E-state index contributed by atoms with van der Waals surface area (Å²) in [6, 6.07) is 7.16. The molecule has 1 saturated heterocycles. The number of hydrogen-bond donors (Lipinski definition) is 1. The lowest BCUT2D eigenvalue weighted by atomic mass is 10.2. The summed E-state index contributed by atoms with van der Waals surface area (Å²) < 4.78 is 5.65. The number of anilines is 1. The highest BCUT2D eigenvalue weighted by Gasteiger charge is 2.34. The molecular weight excluding hydrogens is 260 g/mol. The molecule has 3 rings (SSSR count). The Labute approximate surface area is 119 Å². The second-order valence-corrected chi connectivity index (χ2v) is 5.87. The Morgan fingerprint density at radius 2 is 2.21 bits per heavy atom. The predicted octanol–water partition coefficient (Wildman–Crippen LogP) is 3.39. The summed E-state index contributed by atoms with van der Waals surface area (Å²) >= 11 is 6.09. The monoisotopic (exact) mass is 280 g/mol. The van der Waals surface area contributed by atoms with E-state index in [0.717, 1.165) is 29.0 Å². The number of likely N-dealkylation sites (tertiary alicyclic amines) is 1. The summed E-state index contributed by atoms with van der Waals surface area (Å²) in [6.45, 7) is 5.04. The third-order valence-electron chi connectivity index (χ3n) is 3.88. The van der Waals surface area contributed by atoms with Crippen molar-refractivity contribution in [2.45, 2.75) is 38.3 Å². The minimum Gasteiger partial charge on any atom is -0.492 e. The average molecular weight is 281 g/mol. The van der Waals surface area contributed by atoms with E-state index >= 15 is 0 Å². The average Bonchev–Trinajstić information content (AvgIpc) is 3.14. The van der Waals surface area contributed by atoms with Gasteiger partial charge in [-0.3, -0.25) is 4.90 Å². The molecule has 19 heavy (non-hydrogen) atoms. The SMILES string of the molecule is CCOc1ccc(Cl)cc1NC1CCN(C2CC2)C1. The number of benzene rings is 1. The molecule has 1 heterocycles. The van der Waals surface area contributed by atoms with E-state index in [-0.39, 0.29) is 0 Å². The second-order valence-electron chi connectivity index (χ2n) is 5.43. The summed E-state index contributed by atoms with van der Waals surface area (Å²) in [4.78, 5) is 2.60. The quantitative estimate of drug-likeness (QED) is 0.895. The van der Waals surface area contributed by atoms with Gasteiger partial charge in [-0.2, -0.15) is 0 Å². The number of halogens is 1. The summed E-state index contributed by atoms with van der Waals surface area (Å²) in [6.07, 6.45) is 3.97. The van der Waals surface area contributed by atoms with Crippen molar-refractivity contribution in [1.29, 1.82) is 0 Å². The number of ether oxygens (including phenoxy) is 1. The maximum Gasteiger partial charge on any atom is 0.142 e. The first-order valence-corrected chi connectivity index (χ1v) is 7.57. The van der Waals surface area contributed by atoms with Gasteiger partial charge < -0.3 is 10.1 Å². The van der Waals surface area contributed by atoms with Gasteiger partial charge in [0, 0.05) is 30.2 Å². The molecule has 4 heteroatoms. The Morgan fingerprint density at radius 3 is 2.95 bits per heavy atom. The predicted molar refractivity (Wildman–Crippen MR) is 79.2 cm³/mol. The van der Waals surface area contributed by atoms with E-state index in [1.54, 1.807) is 0 Å². The number of nitrogens with one attached hydrogen (secondary N) is 1. The lowest BCUT2D eigenvalue weighted by Gasteiger charge is -2.19. The van der Waals surface area contributed by atoms with Gasteiger partial charge in [-0.15, -0.1) is 0 Å².